The highest BCUT2D eigenvalue weighted by atomic mass is 19.1. The van der Waals surface area contributed by atoms with Crippen LogP contribution >= 0.6 is 0 Å². The number of anilines is 1. The zero-order chi connectivity index (χ0) is 19.1. The summed E-state index contributed by atoms with van der Waals surface area (Å²) in [5.41, 5.74) is 1.60. The van der Waals surface area contributed by atoms with Crippen LogP contribution in [0.15, 0.2) is 30.5 Å². The van der Waals surface area contributed by atoms with Crippen molar-refractivity contribution in [1.29, 1.82) is 0 Å². The molecule has 1 amide bonds. The predicted molar refractivity (Wildman–Crippen MR) is 96.2 cm³/mol. The second-order valence-corrected chi connectivity index (χ2v) is 6.30. The number of fused-ring (bicyclic) bond motifs is 1. The lowest BCUT2D eigenvalue weighted by Gasteiger charge is -2.13. The first-order valence-electron chi connectivity index (χ1n) is 8.37. The minimum atomic E-state index is -1.07. The van der Waals surface area contributed by atoms with E-state index in [0.717, 1.165) is 0 Å². The summed E-state index contributed by atoms with van der Waals surface area (Å²) in [6.45, 7) is 0. The second kappa shape index (κ2) is 6.53. The van der Waals surface area contributed by atoms with Crippen LogP contribution in [0.2, 0.25) is 0 Å². The molecule has 1 aliphatic carbocycles. The van der Waals surface area contributed by atoms with Crippen molar-refractivity contribution < 1.29 is 23.0 Å². The molecule has 0 bridgehead atoms. The van der Waals surface area contributed by atoms with Gasteiger partial charge < -0.3 is 19.8 Å². The molecule has 2 heterocycles. The molecule has 140 valence electrons. The number of amides is 1. The van der Waals surface area contributed by atoms with Crippen molar-refractivity contribution in [3.63, 3.8) is 0 Å². The van der Waals surface area contributed by atoms with Crippen molar-refractivity contribution in [2.75, 3.05) is 19.5 Å². The lowest BCUT2D eigenvalue weighted by atomic mass is 10.0. The molecule has 1 fully saturated rings. The number of halogens is 2. The van der Waals surface area contributed by atoms with E-state index in [1.807, 2.05) is 0 Å². The van der Waals surface area contributed by atoms with Crippen LogP contribution in [0.1, 0.15) is 6.42 Å². The summed E-state index contributed by atoms with van der Waals surface area (Å²) in [6, 6.07) is 6.16. The number of H-pyrrole nitrogens is 1. The Hall–Kier alpha value is -3.16. The Morgan fingerprint density at radius 3 is 2.70 bits per heavy atom. The second-order valence-electron chi connectivity index (χ2n) is 6.30. The zero-order valence-corrected chi connectivity index (χ0v) is 14.7. The number of hydrogen-bond acceptors (Lipinski definition) is 4. The van der Waals surface area contributed by atoms with E-state index in [1.54, 1.807) is 18.3 Å². The Balaban J connectivity index is 1.74. The van der Waals surface area contributed by atoms with Crippen LogP contribution in [-0.4, -0.2) is 36.3 Å². The maximum atomic E-state index is 14.2. The van der Waals surface area contributed by atoms with E-state index in [9.17, 15) is 13.6 Å². The highest BCUT2D eigenvalue weighted by Gasteiger charge is 2.43. The molecule has 2 aromatic heterocycles. The van der Waals surface area contributed by atoms with Gasteiger partial charge in [-0.25, -0.2) is 13.8 Å². The van der Waals surface area contributed by atoms with Gasteiger partial charge in [0.05, 0.1) is 25.7 Å². The molecule has 2 atom stereocenters. The molecule has 1 saturated carbocycles. The molecule has 0 spiro atoms. The lowest BCUT2D eigenvalue weighted by Crippen LogP contribution is -2.15. The quantitative estimate of drug-likeness (QED) is 0.715. The Morgan fingerprint density at radius 2 is 2.04 bits per heavy atom. The molecule has 2 unspecified atom stereocenters. The van der Waals surface area contributed by atoms with Crippen LogP contribution in [0.25, 0.3) is 22.2 Å². The van der Waals surface area contributed by atoms with Gasteiger partial charge in [-0.15, -0.1) is 0 Å². The van der Waals surface area contributed by atoms with E-state index in [0.29, 0.717) is 33.7 Å². The van der Waals surface area contributed by atoms with Gasteiger partial charge in [-0.05, 0) is 30.7 Å². The van der Waals surface area contributed by atoms with Crippen LogP contribution < -0.4 is 14.8 Å². The average Bonchev–Trinajstić information content (AvgIpc) is 3.26. The number of aromatic amines is 1. The van der Waals surface area contributed by atoms with Crippen LogP contribution in [-0.2, 0) is 4.79 Å². The van der Waals surface area contributed by atoms with E-state index < -0.39 is 17.9 Å². The van der Waals surface area contributed by atoms with Gasteiger partial charge in [-0.3, -0.25) is 4.79 Å². The number of methoxy groups -OCH3 is 2. The van der Waals surface area contributed by atoms with Crippen molar-refractivity contribution in [2.45, 2.75) is 12.6 Å². The van der Waals surface area contributed by atoms with Gasteiger partial charge in [0.1, 0.15) is 23.4 Å². The molecular formula is C19H17F2N3O3. The van der Waals surface area contributed by atoms with Crippen molar-refractivity contribution >= 4 is 22.8 Å². The molecule has 2 N–H and O–H groups in total. The van der Waals surface area contributed by atoms with Gasteiger partial charge in [0, 0.05) is 17.1 Å². The highest BCUT2D eigenvalue weighted by molar-refractivity contribution is 5.99. The van der Waals surface area contributed by atoms with Crippen molar-refractivity contribution in [3.8, 4) is 22.6 Å². The monoisotopic (exact) mass is 373 g/mol. The minimum Gasteiger partial charge on any atom is -0.496 e. The largest absolute Gasteiger partial charge is 0.496 e. The van der Waals surface area contributed by atoms with Crippen molar-refractivity contribution in [3.05, 3.63) is 36.3 Å². The third-order valence-electron chi connectivity index (χ3n) is 4.60. The first kappa shape index (κ1) is 17.3. The summed E-state index contributed by atoms with van der Waals surface area (Å²) in [5.74, 6) is -0.649. The number of hydrogen-bond donors (Lipinski definition) is 2. The van der Waals surface area contributed by atoms with Gasteiger partial charge >= 0.3 is 0 Å². The maximum Gasteiger partial charge on any atom is 0.231 e. The first-order chi connectivity index (χ1) is 13.0. The number of alkyl halides is 1. The molecule has 6 nitrogen and oxygen atoms in total. The zero-order valence-electron chi connectivity index (χ0n) is 14.7. The Morgan fingerprint density at radius 1 is 1.26 bits per heavy atom. The average molecular weight is 373 g/mol. The summed E-state index contributed by atoms with van der Waals surface area (Å²) in [6.07, 6.45) is 0.847. The van der Waals surface area contributed by atoms with Crippen LogP contribution in [0.5, 0.6) is 11.5 Å². The molecule has 27 heavy (non-hydrogen) atoms. The number of nitrogens with zero attached hydrogens (tertiary/aromatic N) is 1. The molecule has 1 aliphatic rings. The number of aromatic nitrogens is 2. The van der Waals surface area contributed by atoms with Crippen LogP contribution in [0, 0.1) is 11.7 Å². The van der Waals surface area contributed by atoms with E-state index >= 15 is 0 Å². The van der Waals surface area contributed by atoms with Crippen LogP contribution in [0.3, 0.4) is 0 Å². The Kier molecular flexibility index (Phi) is 4.18. The maximum absolute atomic E-state index is 14.2. The first-order valence-corrected chi connectivity index (χ1v) is 8.37. The number of carbonyl (C=O) groups excluding carboxylic acids is 1. The number of nitrogens with one attached hydrogen (secondary N) is 2. The topological polar surface area (TPSA) is 76.2 Å². The smallest absolute Gasteiger partial charge is 0.231 e. The lowest BCUT2D eigenvalue weighted by molar-refractivity contribution is -0.117. The van der Waals surface area contributed by atoms with Crippen molar-refractivity contribution in [1.82, 2.24) is 9.97 Å². The van der Waals surface area contributed by atoms with Gasteiger partial charge in [0.25, 0.3) is 0 Å². The van der Waals surface area contributed by atoms with Crippen molar-refractivity contribution in [2.24, 2.45) is 5.92 Å². The summed E-state index contributed by atoms with van der Waals surface area (Å²) >= 11 is 0. The molecular weight excluding hydrogens is 356 g/mol. The Bertz CT molecular complexity index is 1030. The fraction of sp³-hybridized carbons (Fsp3) is 0.263. The number of carbonyl (C=O) groups is 1. The van der Waals surface area contributed by atoms with E-state index in [2.05, 4.69) is 15.3 Å². The fourth-order valence-electron chi connectivity index (χ4n) is 3.10. The van der Waals surface area contributed by atoms with Crippen LogP contribution in [0.4, 0.5) is 14.6 Å². The molecule has 8 heteroatoms. The molecule has 0 radical (unpaired) electrons. The summed E-state index contributed by atoms with van der Waals surface area (Å²) in [5, 5.41) is 3.31. The van der Waals surface area contributed by atoms with Gasteiger partial charge in [-0.2, -0.15) is 0 Å². The third-order valence-corrected chi connectivity index (χ3v) is 4.60. The summed E-state index contributed by atoms with van der Waals surface area (Å²) in [4.78, 5) is 19.2. The molecule has 0 saturated heterocycles. The molecule has 0 aliphatic heterocycles. The summed E-state index contributed by atoms with van der Waals surface area (Å²) in [7, 11) is 2.88. The third kappa shape index (κ3) is 2.97. The Labute approximate surface area is 153 Å². The van der Waals surface area contributed by atoms with Gasteiger partial charge in [0.2, 0.25) is 5.91 Å². The molecule has 4 rings (SSSR count). The van der Waals surface area contributed by atoms with E-state index in [4.69, 9.17) is 9.47 Å². The normalized spacial score (nSPS) is 18.4. The predicted octanol–water partition coefficient (Wildman–Crippen LogP) is 3.68. The minimum absolute atomic E-state index is 0.0651. The number of benzene rings is 1. The number of ether oxygens (including phenoxy) is 2. The van der Waals surface area contributed by atoms with Gasteiger partial charge in [0.15, 0.2) is 11.6 Å². The van der Waals surface area contributed by atoms with E-state index in [1.165, 1.54) is 26.4 Å². The molecule has 3 aromatic rings. The number of rotatable bonds is 5. The SMILES string of the molecule is COc1ccc(F)c(OC)c1-c1c[nH]c2nc(NC(=O)C3CC3F)ccc12. The highest BCUT2D eigenvalue weighted by Crippen LogP contribution is 2.43. The number of pyridine rings is 1. The summed E-state index contributed by atoms with van der Waals surface area (Å²) < 4.78 is 37.8. The molecule has 1 aromatic carbocycles. The standard InChI is InChI=1S/C19H17F2N3O3/c1-26-14-5-4-12(20)17(27-2)16(14)11-8-22-18-9(11)3-6-15(23-18)24-19(25)10-7-13(10)21/h3-6,8,10,13H,7H2,1-2H3,(H2,22,23,24,25). The fourth-order valence-corrected chi connectivity index (χ4v) is 3.10. The van der Waals surface area contributed by atoms with Gasteiger partial charge in [-0.1, -0.05) is 0 Å². The van der Waals surface area contributed by atoms with E-state index in [-0.39, 0.29) is 18.1 Å².